The second-order valence-corrected chi connectivity index (χ2v) is 8.98. The second-order valence-electron chi connectivity index (χ2n) is 8.98. The number of hydrogen-bond donors (Lipinski definition) is 2. The minimum atomic E-state index is -0.177. The number of nitrogens with one attached hydrogen (secondary N) is 2. The third kappa shape index (κ3) is 5.66. The van der Waals surface area contributed by atoms with Gasteiger partial charge in [0.2, 0.25) is 0 Å². The predicted molar refractivity (Wildman–Crippen MR) is 136 cm³/mol. The molecule has 2 N–H and O–H groups in total. The molecule has 0 saturated heterocycles. The number of aromatic nitrogens is 4. The Morgan fingerprint density at radius 1 is 0.971 bits per heavy atom. The highest BCUT2D eigenvalue weighted by molar-refractivity contribution is 6.05. The molecule has 2 aromatic carbocycles. The number of anilines is 1. The van der Waals surface area contributed by atoms with Crippen LogP contribution in [0.4, 0.5) is 5.69 Å². The number of hydrogen-bond acceptors (Lipinski definition) is 4. The van der Waals surface area contributed by atoms with Crippen LogP contribution in [-0.4, -0.2) is 37.4 Å². The van der Waals surface area contributed by atoms with Crippen LogP contribution in [0.3, 0.4) is 0 Å². The molecule has 0 aliphatic rings. The van der Waals surface area contributed by atoms with E-state index in [1.807, 2.05) is 75.7 Å². The number of amides is 2. The van der Waals surface area contributed by atoms with E-state index in [4.69, 9.17) is 0 Å². The van der Waals surface area contributed by atoms with Crippen LogP contribution in [0.1, 0.15) is 50.2 Å². The molecule has 2 aromatic heterocycles. The molecule has 0 aliphatic heterocycles. The van der Waals surface area contributed by atoms with E-state index in [-0.39, 0.29) is 17.9 Å². The fourth-order valence-electron chi connectivity index (χ4n) is 4.03. The van der Waals surface area contributed by atoms with Crippen molar-refractivity contribution in [3.8, 4) is 5.69 Å². The summed E-state index contributed by atoms with van der Waals surface area (Å²) in [6.07, 6.45) is 3.34. The van der Waals surface area contributed by atoms with Gasteiger partial charge in [-0.15, -0.1) is 0 Å². The van der Waals surface area contributed by atoms with Gasteiger partial charge in [0.05, 0.1) is 36.0 Å². The average Bonchev–Trinajstić information content (AvgIpc) is 3.39. The van der Waals surface area contributed by atoms with Crippen LogP contribution in [0.15, 0.2) is 60.9 Å². The number of aryl methyl sites for hydroxylation is 4. The topological polar surface area (TPSA) is 93.8 Å². The zero-order valence-electron chi connectivity index (χ0n) is 20.7. The number of carbonyl (C=O) groups is 2. The van der Waals surface area contributed by atoms with E-state index in [9.17, 15) is 9.59 Å². The van der Waals surface area contributed by atoms with Gasteiger partial charge in [-0.1, -0.05) is 17.7 Å². The summed E-state index contributed by atoms with van der Waals surface area (Å²) in [6, 6.07) is 14.8. The summed E-state index contributed by atoms with van der Waals surface area (Å²) in [7, 11) is 0. The number of rotatable bonds is 7. The summed E-state index contributed by atoms with van der Waals surface area (Å²) >= 11 is 0. The zero-order valence-corrected chi connectivity index (χ0v) is 20.7. The maximum atomic E-state index is 12.7. The van der Waals surface area contributed by atoms with Crippen molar-refractivity contribution < 1.29 is 9.59 Å². The Morgan fingerprint density at radius 2 is 1.71 bits per heavy atom. The highest BCUT2D eigenvalue weighted by atomic mass is 16.2. The summed E-state index contributed by atoms with van der Waals surface area (Å²) in [5, 5.41) is 14.7. The molecule has 0 unspecified atom stereocenters. The molecular weight excluding hydrogens is 440 g/mol. The van der Waals surface area contributed by atoms with E-state index < -0.39 is 0 Å². The fourth-order valence-corrected chi connectivity index (χ4v) is 4.03. The maximum absolute atomic E-state index is 12.7. The van der Waals surface area contributed by atoms with Gasteiger partial charge >= 0.3 is 0 Å². The van der Waals surface area contributed by atoms with Crippen LogP contribution in [0.25, 0.3) is 5.69 Å². The Bertz CT molecular complexity index is 1370. The Balaban J connectivity index is 1.37. The van der Waals surface area contributed by atoms with Crippen molar-refractivity contribution in [1.82, 2.24) is 24.9 Å². The highest BCUT2D eigenvalue weighted by Crippen LogP contribution is 2.16. The van der Waals surface area contributed by atoms with Gasteiger partial charge in [0, 0.05) is 22.9 Å². The lowest BCUT2D eigenvalue weighted by Gasteiger charge is -2.15. The summed E-state index contributed by atoms with van der Waals surface area (Å²) < 4.78 is 3.56. The van der Waals surface area contributed by atoms with Gasteiger partial charge in [0.25, 0.3) is 11.8 Å². The van der Waals surface area contributed by atoms with Crippen LogP contribution >= 0.6 is 0 Å². The van der Waals surface area contributed by atoms with Crippen molar-refractivity contribution in [2.24, 2.45) is 0 Å². The Kier molecular flexibility index (Phi) is 6.82. The summed E-state index contributed by atoms with van der Waals surface area (Å²) in [5.74, 6) is -0.323. The van der Waals surface area contributed by atoms with E-state index in [0.29, 0.717) is 23.4 Å². The SMILES string of the molecule is Cc1ccc(C(=O)Nc2cnn(-c3ccc(C(=O)N[C@H](C)Cn4nc(C)cc4C)cc3)c2)c(C)c1. The molecule has 0 spiro atoms. The van der Waals surface area contributed by atoms with Crippen molar-refractivity contribution in [2.45, 2.75) is 47.2 Å². The average molecular weight is 471 g/mol. The first kappa shape index (κ1) is 23.9. The molecule has 4 aromatic rings. The van der Waals surface area contributed by atoms with E-state index in [2.05, 4.69) is 20.8 Å². The normalized spacial score (nSPS) is 11.8. The number of nitrogens with zero attached hydrogens (tertiary/aromatic N) is 4. The molecule has 2 amide bonds. The monoisotopic (exact) mass is 470 g/mol. The fraction of sp³-hybridized carbons (Fsp3) is 0.259. The summed E-state index contributed by atoms with van der Waals surface area (Å²) in [5.41, 5.74) is 6.63. The van der Waals surface area contributed by atoms with E-state index >= 15 is 0 Å². The quantitative estimate of drug-likeness (QED) is 0.419. The Morgan fingerprint density at radius 3 is 2.37 bits per heavy atom. The lowest BCUT2D eigenvalue weighted by molar-refractivity contribution is 0.0935. The molecule has 4 rings (SSSR count). The van der Waals surface area contributed by atoms with Crippen molar-refractivity contribution in [3.05, 3.63) is 94.6 Å². The molecule has 8 heteroatoms. The molecule has 2 heterocycles. The highest BCUT2D eigenvalue weighted by Gasteiger charge is 2.14. The summed E-state index contributed by atoms with van der Waals surface area (Å²) in [4.78, 5) is 25.3. The smallest absolute Gasteiger partial charge is 0.256 e. The number of carbonyl (C=O) groups excluding carboxylic acids is 2. The van der Waals surface area contributed by atoms with Crippen molar-refractivity contribution in [3.63, 3.8) is 0 Å². The molecule has 0 aliphatic carbocycles. The van der Waals surface area contributed by atoms with Crippen LogP contribution in [0, 0.1) is 27.7 Å². The maximum Gasteiger partial charge on any atom is 0.256 e. The third-order valence-corrected chi connectivity index (χ3v) is 5.79. The lowest BCUT2D eigenvalue weighted by Crippen LogP contribution is -2.36. The predicted octanol–water partition coefficient (Wildman–Crippen LogP) is 4.37. The third-order valence-electron chi connectivity index (χ3n) is 5.79. The van der Waals surface area contributed by atoms with E-state index in [1.54, 1.807) is 29.2 Å². The van der Waals surface area contributed by atoms with E-state index in [1.165, 1.54) is 0 Å². The first-order valence-electron chi connectivity index (χ1n) is 11.6. The lowest BCUT2D eigenvalue weighted by atomic mass is 10.1. The molecular formula is C27H30N6O2. The Hall–Kier alpha value is -4.20. The van der Waals surface area contributed by atoms with Crippen LogP contribution in [0.5, 0.6) is 0 Å². The van der Waals surface area contributed by atoms with Gasteiger partial charge in [-0.25, -0.2) is 4.68 Å². The molecule has 35 heavy (non-hydrogen) atoms. The van der Waals surface area contributed by atoms with Crippen LogP contribution in [-0.2, 0) is 6.54 Å². The molecule has 0 fully saturated rings. The summed E-state index contributed by atoms with van der Waals surface area (Å²) in [6.45, 7) is 10.4. The van der Waals surface area contributed by atoms with Gasteiger partial charge in [0.15, 0.2) is 0 Å². The largest absolute Gasteiger partial charge is 0.348 e. The van der Waals surface area contributed by atoms with Gasteiger partial charge in [-0.2, -0.15) is 10.2 Å². The molecule has 0 saturated carbocycles. The minimum absolute atomic E-state index is 0.0744. The van der Waals surface area contributed by atoms with E-state index in [0.717, 1.165) is 28.2 Å². The van der Waals surface area contributed by atoms with Crippen LogP contribution < -0.4 is 10.6 Å². The molecule has 0 radical (unpaired) electrons. The molecule has 1 atom stereocenters. The van der Waals surface area contributed by atoms with Crippen molar-refractivity contribution in [2.75, 3.05) is 5.32 Å². The van der Waals surface area contributed by atoms with Gasteiger partial charge in [-0.3, -0.25) is 14.3 Å². The first-order valence-corrected chi connectivity index (χ1v) is 11.6. The van der Waals surface area contributed by atoms with Crippen molar-refractivity contribution in [1.29, 1.82) is 0 Å². The molecule has 8 nitrogen and oxygen atoms in total. The molecule has 0 bridgehead atoms. The Labute approximate surface area is 205 Å². The van der Waals surface area contributed by atoms with Crippen LogP contribution in [0.2, 0.25) is 0 Å². The molecule has 180 valence electrons. The van der Waals surface area contributed by atoms with Crippen molar-refractivity contribution >= 4 is 17.5 Å². The standard InChI is InChI=1S/C27H30N6O2/c1-17-6-11-25(18(2)12-17)27(35)30-23-14-28-33(16-23)24-9-7-22(8-10-24)26(34)29-20(4)15-32-21(5)13-19(3)31-32/h6-14,16,20H,15H2,1-5H3,(H,29,34)(H,30,35)/t20-/m1/s1. The van der Waals surface area contributed by atoms with Gasteiger partial charge in [0.1, 0.15) is 0 Å². The second kappa shape index (κ2) is 9.97. The zero-order chi connectivity index (χ0) is 25.1. The minimum Gasteiger partial charge on any atom is -0.348 e. The first-order chi connectivity index (χ1) is 16.7. The van der Waals surface area contributed by atoms with Gasteiger partial charge in [-0.05, 0) is 76.6 Å². The number of benzene rings is 2. The van der Waals surface area contributed by atoms with Gasteiger partial charge < -0.3 is 10.6 Å².